The predicted molar refractivity (Wildman–Crippen MR) is 159 cm³/mol. The molecule has 222 valence electrons. The summed E-state index contributed by atoms with van der Waals surface area (Å²) in [5.74, 6) is 2.17. The highest BCUT2D eigenvalue weighted by Crippen LogP contribution is 2.30. The van der Waals surface area contributed by atoms with Crippen LogP contribution >= 0.6 is 0 Å². The Kier molecular flexibility index (Phi) is 10.5. The zero-order valence-corrected chi connectivity index (χ0v) is 24.8. The van der Waals surface area contributed by atoms with Gasteiger partial charge in [0.05, 0.1) is 4.90 Å². The van der Waals surface area contributed by atoms with Crippen molar-refractivity contribution in [1.29, 1.82) is 0 Å². The Balaban J connectivity index is 0.000000310. The molecule has 0 saturated heterocycles. The monoisotopic (exact) mass is 592 g/mol. The van der Waals surface area contributed by atoms with Crippen LogP contribution < -0.4 is 9.64 Å². The second kappa shape index (κ2) is 14.2. The van der Waals surface area contributed by atoms with Crippen LogP contribution in [0.3, 0.4) is 0 Å². The van der Waals surface area contributed by atoms with Gasteiger partial charge in [0.1, 0.15) is 5.75 Å². The Bertz CT molecular complexity index is 1560. The van der Waals surface area contributed by atoms with Gasteiger partial charge in [-0.3, -0.25) is 9.35 Å². The van der Waals surface area contributed by atoms with Crippen molar-refractivity contribution in [2.75, 3.05) is 32.1 Å². The maximum absolute atomic E-state index is 13.1. The highest BCUT2D eigenvalue weighted by atomic mass is 32.2. The summed E-state index contributed by atoms with van der Waals surface area (Å²) in [6, 6.07) is 23.7. The minimum atomic E-state index is -4.02. The minimum Gasteiger partial charge on any atom is -0.485 e. The van der Waals surface area contributed by atoms with E-state index in [9.17, 15) is 13.2 Å². The Morgan fingerprint density at radius 2 is 1.74 bits per heavy atom. The summed E-state index contributed by atoms with van der Waals surface area (Å²) in [6.07, 6.45) is 1.73. The molecule has 42 heavy (non-hydrogen) atoms. The van der Waals surface area contributed by atoms with Gasteiger partial charge in [-0.15, -0.1) is 0 Å². The number of para-hydroxylation sites is 2. The number of benzene rings is 3. The number of hydrogen-bond acceptors (Lipinski definition) is 8. The number of hydrogen-bond donors (Lipinski definition) is 1. The molecule has 0 aliphatic carbocycles. The van der Waals surface area contributed by atoms with Gasteiger partial charge in [-0.25, -0.2) is 0 Å². The van der Waals surface area contributed by atoms with E-state index < -0.39 is 10.1 Å². The van der Waals surface area contributed by atoms with Crippen LogP contribution in [0, 0.1) is 12.8 Å². The van der Waals surface area contributed by atoms with E-state index in [1.165, 1.54) is 17.7 Å². The van der Waals surface area contributed by atoms with Gasteiger partial charge >= 0.3 is 0 Å². The normalized spacial score (nSPS) is 14.6. The number of fused-ring (bicyclic) bond motifs is 1. The zero-order valence-electron chi connectivity index (χ0n) is 24.0. The van der Waals surface area contributed by atoms with Crippen molar-refractivity contribution in [1.82, 2.24) is 15.0 Å². The number of ether oxygens (including phenoxy) is 1. The molecule has 1 atom stereocenters. The first kappa shape index (κ1) is 30.9. The van der Waals surface area contributed by atoms with Crippen LogP contribution in [0.1, 0.15) is 29.3 Å². The molecule has 1 aliphatic rings. The number of rotatable bonds is 9. The Morgan fingerprint density at radius 1 is 1.05 bits per heavy atom. The molecular weight excluding hydrogens is 556 g/mol. The first-order valence-electron chi connectivity index (χ1n) is 13.6. The van der Waals surface area contributed by atoms with Gasteiger partial charge in [-0.1, -0.05) is 59.3 Å². The average molecular weight is 593 g/mol. The first-order chi connectivity index (χ1) is 20.1. The van der Waals surface area contributed by atoms with E-state index in [1.54, 1.807) is 12.1 Å². The fourth-order valence-corrected chi connectivity index (χ4v) is 5.21. The van der Waals surface area contributed by atoms with Crippen LogP contribution in [0.2, 0.25) is 0 Å². The third-order valence-electron chi connectivity index (χ3n) is 6.65. The van der Waals surface area contributed by atoms with E-state index in [2.05, 4.69) is 35.2 Å². The summed E-state index contributed by atoms with van der Waals surface area (Å²) in [5, 5.41) is 3.96. The van der Waals surface area contributed by atoms with Gasteiger partial charge in [0.2, 0.25) is 17.6 Å². The van der Waals surface area contributed by atoms with Crippen molar-refractivity contribution in [3.05, 3.63) is 102 Å². The third kappa shape index (κ3) is 8.97. The molecule has 3 aromatic carbocycles. The van der Waals surface area contributed by atoms with Crippen LogP contribution in [-0.2, 0) is 34.4 Å². The molecule has 0 radical (unpaired) electrons. The van der Waals surface area contributed by atoms with Gasteiger partial charge in [0, 0.05) is 31.6 Å². The van der Waals surface area contributed by atoms with Crippen molar-refractivity contribution < 1.29 is 27.0 Å². The molecular formula is C31H36N4O6S. The molecule has 0 spiro atoms. The summed E-state index contributed by atoms with van der Waals surface area (Å²) >= 11 is 0. The Hall–Kier alpha value is -4.06. The van der Waals surface area contributed by atoms with E-state index in [-0.39, 0.29) is 17.4 Å². The molecule has 1 unspecified atom stereocenters. The minimum absolute atomic E-state index is 0.0666. The van der Waals surface area contributed by atoms with E-state index in [1.807, 2.05) is 60.4 Å². The molecule has 0 saturated carbocycles. The molecule has 1 aromatic heterocycles. The Morgan fingerprint density at radius 3 is 2.43 bits per heavy atom. The quantitative estimate of drug-likeness (QED) is 0.278. The molecule has 2 heterocycles. The van der Waals surface area contributed by atoms with Crippen molar-refractivity contribution in [3.8, 4) is 5.75 Å². The maximum atomic E-state index is 13.1. The highest BCUT2D eigenvalue weighted by Gasteiger charge is 2.28. The maximum Gasteiger partial charge on any atom is 0.294 e. The van der Waals surface area contributed by atoms with Gasteiger partial charge in [-0.05, 0) is 69.3 Å². The molecule has 0 bridgehead atoms. The van der Waals surface area contributed by atoms with Crippen molar-refractivity contribution >= 4 is 21.7 Å². The molecule has 5 rings (SSSR count). The van der Waals surface area contributed by atoms with Gasteiger partial charge in [0.15, 0.2) is 6.61 Å². The SMILES string of the molecule is CN(C)CC1Cc2ccccc2N(C(=O)CCc2nc(COc3ccccc3)no2)C1.Cc1ccc(S(=O)(=O)O)cc1. The lowest BCUT2D eigenvalue weighted by Gasteiger charge is -2.35. The average Bonchev–Trinajstić information content (AvgIpc) is 3.42. The van der Waals surface area contributed by atoms with Crippen molar-refractivity contribution in [2.45, 2.75) is 37.7 Å². The number of carbonyl (C=O) groups excluding carboxylic acids is 1. The zero-order chi connectivity index (χ0) is 30.1. The molecule has 0 fully saturated rings. The van der Waals surface area contributed by atoms with Crippen LogP contribution in [0.25, 0.3) is 0 Å². The summed E-state index contributed by atoms with van der Waals surface area (Å²) in [4.78, 5) is 21.5. The number of aryl methyl sites for hydroxylation is 2. The predicted octanol–water partition coefficient (Wildman–Crippen LogP) is 4.59. The highest BCUT2D eigenvalue weighted by molar-refractivity contribution is 7.85. The molecule has 11 heteroatoms. The standard InChI is InChI=1S/C24H28N4O3.C7H8O3S/c1-27(2)15-18-14-19-8-6-7-11-21(19)28(16-18)24(29)13-12-23-25-22(26-31-23)17-30-20-9-4-3-5-10-20;1-6-2-4-7(5-3-6)11(8,9)10/h3-11,18H,12-17H2,1-2H3;2-5H,1H3,(H,8,9,10). The smallest absolute Gasteiger partial charge is 0.294 e. The second-order valence-electron chi connectivity index (χ2n) is 10.5. The number of amides is 1. The fraction of sp³-hybridized carbons (Fsp3) is 0.323. The third-order valence-corrected chi connectivity index (χ3v) is 7.52. The van der Waals surface area contributed by atoms with Crippen molar-refractivity contribution in [3.63, 3.8) is 0 Å². The number of nitrogens with zero attached hydrogens (tertiary/aromatic N) is 4. The lowest BCUT2D eigenvalue weighted by Crippen LogP contribution is -2.43. The van der Waals surface area contributed by atoms with E-state index >= 15 is 0 Å². The fourth-order valence-electron chi connectivity index (χ4n) is 4.73. The first-order valence-corrected chi connectivity index (χ1v) is 15.1. The van der Waals surface area contributed by atoms with Gasteiger partial charge < -0.3 is 19.1 Å². The largest absolute Gasteiger partial charge is 0.485 e. The number of aromatic nitrogens is 2. The lowest BCUT2D eigenvalue weighted by atomic mass is 9.91. The van der Waals surface area contributed by atoms with E-state index in [0.717, 1.165) is 36.5 Å². The van der Waals surface area contributed by atoms with Crippen LogP contribution in [0.15, 0.2) is 88.3 Å². The van der Waals surface area contributed by atoms with Crippen LogP contribution in [-0.4, -0.2) is 61.1 Å². The van der Waals surface area contributed by atoms with Crippen LogP contribution in [0.5, 0.6) is 5.75 Å². The van der Waals surface area contributed by atoms with Crippen molar-refractivity contribution in [2.24, 2.45) is 5.92 Å². The van der Waals surface area contributed by atoms with Gasteiger partial charge in [-0.2, -0.15) is 13.4 Å². The van der Waals surface area contributed by atoms with E-state index in [0.29, 0.717) is 30.5 Å². The molecule has 1 aliphatic heterocycles. The number of anilines is 1. The molecule has 4 aromatic rings. The second-order valence-corrected chi connectivity index (χ2v) is 11.9. The van der Waals surface area contributed by atoms with Crippen LogP contribution in [0.4, 0.5) is 5.69 Å². The summed E-state index contributed by atoms with van der Waals surface area (Å²) in [5.41, 5.74) is 3.20. The van der Waals surface area contributed by atoms with E-state index in [4.69, 9.17) is 13.8 Å². The summed E-state index contributed by atoms with van der Waals surface area (Å²) < 4.78 is 40.5. The topological polar surface area (TPSA) is 126 Å². The molecule has 1 N–H and O–H groups in total. The molecule has 10 nitrogen and oxygen atoms in total. The Labute approximate surface area is 246 Å². The molecule has 1 amide bonds. The van der Waals surface area contributed by atoms with Gasteiger partial charge in [0.25, 0.3) is 10.1 Å². The lowest BCUT2D eigenvalue weighted by molar-refractivity contribution is -0.118. The number of carbonyl (C=O) groups is 1. The summed E-state index contributed by atoms with van der Waals surface area (Å²) in [6.45, 7) is 3.75. The summed E-state index contributed by atoms with van der Waals surface area (Å²) in [7, 11) is 0.122.